The van der Waals surface area contributed by atoms with E-state index in [9.17, 15) is 9.90 Å². The van der Waals surface area contributed by atoms with Crippen LogP contribution < -0.4 is 0 Å². The van der Waals surface area contributed by atoms with Crippen molar-refractivity contribution in [2.24, 2.45) is 0 Å². The summed E-state index contributed by atoms with van der Waals surface area (Å²) in [5, 5.41) is 18.1. The van der Waals surface area contributed by atoms with Crippen molar-refractivity contribution in [3.8, 4) is 16.5 Å². The van der Waals surface area contributed by atoms with Crippen LogP contribution in [0.1, 0.15) is 34.5 Å². The van der Waals surface area contributed by atoms with Crippen LogP contribution in [0, 0.1) is 6.92 Å². The van der Waals surface area contributed by atoms with Crippen molar-refractivity contribution in [1.29, 1.82) is 0 Å². The zero-order chi connectivity index (χ0) is 23.0. The van der Waals surface area contributed by atoms with Gasteiger partial charge in [0.05, 0.1) is 33.6 Å². The summed E-state index contributed by atoms with van der Waals surface area (Å²) in [5.41, 5.74) is 1.87. The van der Waals surface area contributed by atoms with Crippen LogP contribution >= 0.6 is 22.9 Å². The number of nitrogens with zero attached hydrogens (tertiary/aromatic N) is 5. The summed E-state index contributed by atoms with van der Waals surface area (Å²) >= 11 is 7.58. The van der Waals surface area contributed by atoms with Crippen LogP contribution in [0.4, 0.5) is 0 Å². The van der Waals surface area contributed by atoms with Gasteiger partial charge in [-0.25, -0.2) is 14.6 Å². The molecule has 0 spiro atoms. The fourth-order valence-corrected chi connectivity index (χ4v) is 4.95. The van der Waals surface area contributed by atoms with Crippen LogP contribution in [0.3, 0.4) is 0 Å². The summed E-state index contributed by atoms with van der Waals surface area (Å²) in [4.78, 5) is 25.0. The number of aromatic nitrogens is 4. The van der Waals surface area contributed by atoms with Gasteiger partial charge in [-0.3, -0.25) is 4.79 Å². The van der Waals surface area contributed by atoms with Crippen LogP contribution in [-0.2, 0) is 5.60 Å². The minimum Gasteiger partial charge on any atom is -0.385 e. The smallest absolute Gasteiger partial charge is 0.257 e. The Labute approximate surface area is 200 Å². The lowest BCUT2D eigenvalue weighted by molar-refractivity contribution is -0.0211. The first kappa shape index (κ1) is 21.8. The molecule has 0 saturated carbocycles. The van der Waals surface area contributed by atoms with E-state index in [0.717, 1.165) is 16.1 Å². The van der Waals surface area contributed by atoms with Gasteiger partial charge < -0.3 is 10.0 Å². The fraction of sp³-hybridized carbons (Fsp3) is 0.250. The number of benzene rings is 1. The molecule has 168 valence electrons. The Morgan fingerprint density at radius 1 is 1.15 bits per heavy atom. The van der Waals surface area contributed by atoms with Gasteiger partial charge in [-0.15, -0.1) is 11.3 Å². The molecule has 1 aliphatic heterocycles. The highest BCUT2D eigenvalue weighted by molar-refractivity contribution is 7.13. The Morgan fingerprint density at radius 2 is 1.91 bits per heavy atom. The molecule has 33 heavy (non-hydrogen) atoms. The van der Waals surface area contributed by atoms with Gasteiger partial charge >= 0.3 is 0 Å². The van der Waals surface area contributed by atoms with E-state index in [1.165, 1.54) is 0 Å². The normalized spacial score (nSPS) is 15.5. The molecule has 1 amide bonds. The lowest BCUT2D eigenvalue weighted by atomic mass is 9.84. The number of hydrogen-bond donors (Lipinski definition) is 1. The van der Waals surface area contributed by atoms with Crippen LogP contribution in [0.25, 0.3) is 16.5 Å². The van der Waals surface area contributed by atoms with Crippen LogP contribution in [0.5, 0.6) is 0 Å². The average Bonchev–Trinajstić information content (AvgIpc) is 3.50. The lowest BCUT2D eigenvalue weighted by Gasteiger charge is -2.38. The average molecular weight is 480 g/mol. The van der Waals surface area contributed by atoms with Gasteiger partial charge in [-0.2, -0.15) is 5.10 Å². The van der Waals surface area contributed by atoms with E-state index in [4.69, 9.17) is 11.6 Å². The number of amides is 1. The van der Waals surface area contributed by atoms with Crippen LogP contribution in [0.2, 0.25) is 5.02 Å². The number of rotatable bonds is 4. The molecule has 1 aromatic carbocycles. The van der Waals surface area contributed by atoms with Crippen molar-refractivity contribution in [3.05, 3.63) is 82.1 Å². The Balaban J connectivity index is 1.33. The monoisotopic (exact) mass is 479 g/mol. The standard InChI is InChI=1S/C24H22ClN5O2S/c1-16-19(15-27-30(16)23-26-11-8-20(28-23)21-3-2-14-33-21)22(31)29-12-9-24(32,10-13-29)17-4-6-18(25)7-5-17/h2-8,11,14-15,32H,9-10,12-13H2,1H3. The SMILES string of the molecule is Cc1c(C(=O)N2CCC(O)(c3ccc(Cl)cc3)CC2)cnn1-c1nccc(-c2cccs2)n1. The molecule has 0 radical (unpaired) electrons. The van der Waals surface area contributed by atoms with Gasteiger partial charge in [-0.1, -0.05) is 29.8 Å². The van der Waals surface area contributed by atoms with Crippen molar-refractivity contribution in [2.75, 3.05) is 13.1 Å². The second-order valence-corrected chi connectivity index (χ2v) is 9.49. The first-order valence-corrected chi connectivity index (χ1v) is 11.9. The Morgan fingerprint density at radius 3 is 2.61 bits per heavy atom. The number of aliphatic hydroxyl groups is 1. The molecule has 4 heterocycles. The number of piperidine rings is 1. The lowest BCUT2D eigenvalue weighted by Crippen LogP contribution is -2.45. The molecule has 7 nitrogen and oxygen atoms in total. The summed E-state index contributed by atoms with van der Waals surface area (Å²) in [6, 6.07) is 13.1. The number of halogens is 1. The van der Waals surface area contributed by atoms with E-state index in [0.29, 0.717) is 48.2 Å². The molecule has 3 aromatic heterocycles. The molecule has 9 heteroatoms. The number of carbonyl (C=O) groups excluding carboxylic acids is 1. The number of likely N-dealkylation sites (tertiary alicyclic amines) is 1. The molecule has 1 N–H and O–H groups in total. The van der Waals surface area contributed by atoms with E-state index >= 15 is 0 Å². The van der Waals surface area contributed by atoms with Gasteiger partial charge in [0.2, 0.25) is 0 Å². The quantitative estimate of drug-likeness (QED) is 0.466. The predicted octanol–water partition coefficient (Wildman–Crippen LogP) is 4.48. The molecule has 4 aromatic rings. The highest BCUT2D eigenvalue weighted by Crippen LogP contribution is 2.34. The summed E-state index contributed by atoms with van der Waals surface area (Å²) in [6.07, 6.45) is 4.18. The van der Waals surface area contributed by atoms with E-state index in [2.05, 4.69) is 15.1 Å². The molecule has 0 unspecified atom stereocenters. The van der Waals surface area contributed by atoms with Crippen molar-refractivity contribution < 1.29 is 9.90 Å². The number of hydrogen-bond acceptors (Lipinski definition) is 6. The van der Waals surface area contributed by atoms with E-state index in [-0.39, 0.29) is 5.91 Å². The third-order valence-electron chi connectivity index (χ3n) is 6.11. The summed E-state index contributed by atoms with van der Waals surface area (Å²) in [5.74, 6) is 0.319. The van der Waals surface area contributed by atoms with Crippen molar-refractivity contribution >= 4 is 28.8 Å². The summed E-state index contributed by atoms with van der Waals surface area (Å²) in [6.45, 7) is 2.75. The van der Waals surface area contributed by atoms with Gasteiger partial charge in [0.1, 0.15) is 0 Å². The minimum absolute atomic E-state index is 0.105. The van der Waals surface area contributed by atoms with Crippen molar-refractivity contribution in [1.82, 2.24) is 24.6 Å². The Kier molecular flexibility index (Phi) is 5.74. The third-order valence-corrected chi connectivity index (χ3v) is 7.25. The van der Waals surface area contributed by atoms with Crippen molar-refractivity contribution in [2.45, 2.75) is 25.4 Å². The van der Waals surface area contributed by atoms with Gasteiger partial charge in [-0.05, 0) is 55.0 Å². The number of carbonyl (C=O) groups is 1. The number of thiophene rings is 1. The second kappa shape index (κ2) is 8.70. The van der Waals surface area contributed by atoms with Crippen LogP contribution in [-0.4, -0.2) is 48.8 Å². The fourth-order valence-electron chi connectivity index (χ4n) is 4.13. The molecule has 1 saturated heterocycles. The molecule has 1 aliphatic rings. The second-order valence-electron chi connectivity index (χ2n) is 8.11. The van der Waals surface area contributed by atoms with E-state index in [1.54, 1.807) is 45.4 Å². The molecule has 1 fully saturated rings. The van der Waals surface area contributed by atoms with E-state index in [1.807, 2.05) is 42.6 Å². The molecule has 0 atom stereocenters. The molecule has 5 rings (SSSR count). The van der Waals surface area contributed by atoms with E-state index < -0.39 is 5.60 Å². The predicted molar refractivity (Wildman–Crippen MR) is 128 cm³/mol. The molecular weight excluding hydrogens is 458 g/mol. The topological polar surface area (TPSA) is 84.1 Å². The Bertz CT molecular complexity index is 1280. The maximum absolute atomic E-state index is 13.2. The largest absolute Gasteiger partial charge is 0.385 e. The maximum atomic E-state index is 13.2. The highest BCUT2D eigenvalue weighted by atomic mass is 35.5. The van der Waals surface area contributed by atoms with Crippen molar-refractivity contribution in [3.63, 3.8) is 0 Å². The molecular formula is C24H22ClN5O2S. The first-order valence-electron chi connectivity index (χ1n) is 10.6. The van der Waals surface area contributed by atoms with Crippen LogP contribution in [0.15, 0.2) is 60.2 Å². The van der Waals surface area contributed by atoms with Gasteiger partial charge in [0, 0.05) is 24.3 Å². The third kappa shape index (κ3) is 4.17. The minimum atomic E-state index is -0.962. The first-order chi connectivity index (χ1) is 15.9. The summed E-state index contributed by atoms with van der Waals surface area (Å²) < 4.78 is 1.60. The highest BCUT2D eigenvalue weighted by Gasteiger charge is 2.36. The zero-order valence-corrected chi connectivity index (χ0v) is 19.6. The van der Waals surface area contributed by atoms with Gasteiger partial charge in [0.25, 0.3) is 11.9 Å². The molecule has 0 bridgehead atoms. The summed E-state index contributed by atoms with van der Waals surface area (Å²) in [7, 11) is 0. The zero-order valence-electron chi connectivity index (χ0n) is 18.0. The molecule has 0 aliphatic carbocycles. The van der Waals surface area contributed by atoms with Gasteiger partial charge in [0.15, 0.2) is 0 Å². The Hall–Kier alpha value is -3.07. The maximum Gasteiger partial charge on any atom is 0.257 e.